The van der Waals surface area contributed by atoms with Gasteiger partial charge in [0.2, 0.25) is 0 Å². The van der Waals surface area contributed by atoms with Crippen LogP contribution in [0.5, 0.6) is 5.75 Å². The first-order valence-electron chi connectivity index (χ1n) is 7.77. The van der Waals surface area contributed by atoms with Gasteiger partial charge in [-0.2, -0.15) is 0 Å². The first-order valence-corrected chi connectivity index (χ1v) is 7.77. The van der Waals surface area contributed by atoms with E-state index in [1.807, 2.05) is 0 Å². The summed E-state index contributed by atoms with van der Waals surface area (Å²) >= 11 is 0. The fraction of sp³-hybridized carbons (Fsp3) is 0.647. The maximum absolute atomic E-state index is 6.07. The standard InChI is InChI=1S/C17H28N2O/c1-4-14-10-17(20-3)8-7-16(14)12-19-9-5-6-15(11-19)13(2)18/h7-8,10,13,15H,4-6,9,11-12,18H2,1-3H3. The van der Waals surface area contributed by atoms with Crippen molar-refractivity contribution in [2.75, 3.05) is 20.2 Å². The molecule has 20 heavy (non-hydrogen) atoms. The van der Waals surface area contributed by atoms with E-state index in [-0.39, 0.29) is 0 Å². The molecule has 1 fully saturated rings. The molecule has 1 heterocycles. The lowest BCUT2D eigenvalue weighted by molar-refractivity contribution is 0.154. The molecule has 1 aromatic carbocycles. The molecule has 0 aliphatic carbocycles. The van der Waals surface area contributed by atoms with E-state index in [4.69, 9.17) is 10.5 Å². The second kappa shape index (κ2) is 7.09. The minimum atomic E-state index is 0.305. The number of benzene rings is 1. The minimum Gasteiger partial charge on any atom is -0.497 e. The number of piperidine rings is 1. The largest absolute Gasteiger partial charge is 0.497 e. The summed E-state index contributed by atoms with van der Waals surface area (Å²) in [4.78, 5) is 2.55. The molecule has 0 radical (unpaired) electrons. The average Bonchev–Trinajstić information content (AvgIpc) is 2.48. The number of hydrogen-bond acceptors (Lipinski definition) is 3. The van der Waals surface area contributed by atoms with Gasteiger partial charge in [-0.05, 0) is 61.9 Å². The fourth-order valence-corrected chi connectivity index (χ4v) is 3.12. The van der Waals surface area contributed by atoms with Gasteiger partial charge in [-0.25, -0.2) is 0 Å². The smallest absolute Gasteiger partial charge is 0.119 e. The second-order valence-corrected chi connectivity index (χ2v) is 5.98. The van der Waals surface area contributed by atoms with Gasteiger partial charge in [0.1, 0.15) is 5.75 Å². The highest BCUT2D eigenvalue weighted by molar-refractivity contribution is 5.35. The molecular weight excluding hydrogens is 248 g/mol. The highest BCUT2D eigenvalue weighted by Gasteiger charge is 2.23. The van der Waals surface area contributed by atoms with Crippen molar-refractivity contribution in [3.8, 4) is 5.75 Å². The number of aryl methyl sites for hydroxylation is 1. The first-order chi connectivity index (χ1) is 9.63. The molecule has 2 N–H and O–H groups in total. The molecule has 112 valence electrons. The normalized spacial score (nSPS) is 21.7. The molecule has 0 saturated carbocycles. The van der Waals surface area contributed by atoms with Crippen LogP contribution in [0.4, 0.5) is 0 Å². The van der Waals surface area contributed by atoms with Crippen molar-refractivity contribution in [1.29, 1.82) is 0 Å². The number of rotatable bonds is 5. The predicted molar refractivity (Wildman–Crippen MR) is 84.0 cm³/mol. The van der Waals surface area contributed by atoms with Crippen molar-refractivity contribution >= 4 is 0 Å². The zero-order chi connectivity index (χ0) is 14.5. The Balaban J connectivity index is 2.05. The van der Waals surface area contributed by atoms with Crippen molar-refractivity contribution in [3.05, 3.63) is 29.3 Å². The zero-order valence-electron chi connectivity index (χ0n) is 13.1. The van der Waals surface area contributed by atoms with E-state index in [1.165, 1.54) is 30.5 Å². The summed E-state index contributed by atoms with van der Waals surface area (Å²) in [6, 6.07) is 6.76. The molecule has 2 atom stereocenters. The molecule has 0 amide bonds. The predicted octanol–water partition coefficient (Wildman–Crippen LogP) is 2.82. The van der Waals surface area contributed by atoms with Crippen LogP contribution in [0.25, 0.3) is 0 Å². The van der Waals surface area contributed by atoms with Crippen LogP contribution in [0.3, 0.4) is 0 Å². The van der Waals surface area contributed by atoms with Gasteiger partial charge < -0.3 is 10.5 Å². The molecular formula is C17H28N2O. The van der Waals surface area contributed by atoms with Crippen LogP contribution in [0.15, 0.2) is 18.2 Å². The third-order valence-corrected chi connectivity index (χ3v) is 4.47. The number of methoxy groups -OCH3 is 1. The Labute approximate surface area is 123 Å². The van der Waals surface area contributed by atoms with Gasteiger partial charge in [0.25, 0.3) is 0 Å². The molecule has 3 nitrogen and oxygen atoms in total. The molecule has 2 rings (SSSR count). The number of hydrogen-bond donors (Lipinski definition) is 1. The number of ether oxygens (including phenoxy) is 1. The lowest BCUT2D eigenvalue weighted by Crippen LogP contribution is -2.42. The van der Waals surface area contributed by atoms with Crippen LogP contribution >= 0.6 is 0 Å². The van der Waals surface area contributed by atoms with Gasteiger partial charge in [-0.15, -0.1) is 0 Å². The Hall–Kier alpha value is -1.06. The summed E-state index contributed by atoms with van der Waals surface area (Å²) < 4.78 is 5.32. The van der Waals surface area contributed by atoms with Crippen molar-refractivity contribution in [2.45, 2.75) is 45.7 Å². The van der Waals surface area contributed by atoms with Gasteiger partial charge in [-0.3, -0.25) is 4.90 Å². The highest BCUT2D eigenvalue weighted by atomic mass is 16.5. The third-order valence-electron chi connectivity index (χ3n) is 4.47. The van der Waals surface area contributed by atoms with Crippen molar-refractivity contribution < 1.29 is 4.74 Å². The van der Waals surface area contributed by atoms with E-state index >= 15 is 0 Å². The second-order valence-electron chi connectivity index (χ2n) is 5.98. The summed E-state index contributed by atoms with van der Waals surface area (Å²) in [6.07, 6.45) is 3.60. The van der Waals surface area contributed by atoms with Gasteiger partial charge in [0.15, 0.2) is 0 Å². The number of likely N-dealkylation sites (tertiary alicyclic amines) is 1. The molecule has 3 heteroatoms. The summed E-state index contributed by atoms with van der Waals surface area (Å²) in [6.45, 7) is 7.71. The van der Waals surface area contributed by atoms with E-state index in [9.17, 15) is 0 Å². The molecule has 0 bridgehead atoms. The van der Waals surface area contributed by atoms with E-state index in [0.29, 0.717) is 12.0 Å². The van der Waals surface area contributed by atoms with Gasteiger partial charge in [0, 0.05) is 19.1 Å². The topological polar surface area (TPSA) is 38.5 Å². The van der Waals surface area contributed by atoms with E-state index in [0.717, 1.165) is 25.3 Å². The van der Waals surface area contributed by atoms with Crippen LogP contribution in [-0.2, 0) is 13.0 Å². The highest BCUT2D eigenvalue weighted by Crippen LogP contribution is 2.24. The Morgan fingerprint density at radius 2 is 2.20 bits per heavy atom. The number of nitrogens with two attached hydrogens (primary N) is 1. The Morgan fingerprint density at radius 3 is 2.85 bits per heavy atom. The molecule has 1 aromatic rings. The molecule has 2 unspecified atom stereocenters. The van der Waals surface area contributed by atoms with Crippen LogP contribution in [0, 0.1) is 5.92 Å². The van der Waals surface area contributed by atoms with Crippen molar-refractivity contribution in [2.24, 2.45) is 11.7 Å². The first kappa shape index (κ1) is 15.3. The summed E-state index contributed by atoms with van der Waals surface area (Å²) in [5.41, 5.74) is 8.90. The Kier molecular flexibility index (Phi) is 5.44. The molecule has 0 aromatic heterocycles. The van der Waals surface area contributed by atoms with E-state index in [1.54, 1.807) is 7.11 Å². The summed E-state index contributed by atoms with van der Waals surface area (Å²) in [5, 5.41) is 0. The molecule has 1 aliphatic rings. The van der Waals surface area contributed by atoms with E-state index < -0.39 is 0 Å². The maximum Gasteiger partial charge on any atom is 0.119 e. The average molecular weight is 276 g/mol. The van der Waals surface area contributed by atoms with Crippen LogP contribution in [0.2, 0.25) is 0 Å². The molecule has 1 saturated heterocycles. The quantitative estimate of drug-likeness (QED) is 0.898. The third kappa shape index (κ3) is 3.74. The maximum atomic E-state index is 6.07. The number of nitrogens with zero attached hydrogens (tertiary/aromatic N) is 1. The van der Waals surface area contributed by atoms with Crippen molar-refractivity contribution in [1.82, 2.24) is 4.90 Å². The summed E-state index contributed by atoms with van der Waals surface area (Å²) in [7, 11) is 1.73. The fourth-order valence-electron chi connectivity index (χ4n) is 3.12. The Bertz CT molecular complexity index is 431. The van der Waals surface area contributed by atoms with Crippen LogP contribution in [0.1, 0.15) is 37.8 Å². The SMILES string of the molecule is CCc1cc(OC)ccc1CN1CCCC(C(C)N)C1. The van der Waals surface area contributed by atoms with Gasteiger partial charge in [0.05, 0.1) is 7.11 Å². The zero-order valence-corrected chi connectivity index (χ0v) is 13.1. The lowest BCUT2D eigenvalue weighted by atomic mass is 9.91. The summed E-state index contributed by atoms with van der Waals surface area (Å²) in [5.74, 6) is 1.60. The van der Waals surface area contributed by atoms with Crippen LogP contribution < -0.4 is 10.5 Å². The minimum absolute atomic E-state index is 0.305. The van der Waals surface area contributed by atoms with E-state index in [2.05, 4.69) is 36.9 Å². The van der Waals surface area contributed by atoms with Crippen LogP contribution in [-0.4, -0.2) is 31.1 Å². The molecule has 0 spiro atoms. The van der Waals surface area contributed by atoms with Gasteiger partial charge in [-0.1, -0.05) is 13.0 Å². The lowest BCUT2D eigenvalue weighted by Gasteiger charge is -2.35. The molecule has 1 aliphatic heterocycles. The van der Waals surface area contributed by atoms with Gasteiger partial charge >= 0.3 is 0 Å². The van der Waals surface area contributed by atoms with Crippen molar-refractivity contribution in [3.63, 3.8) is 0 Å². The Morgan fingerprint density at radius 1 is 1.40 bits per heavy atom. The monoisotopic (exact) mass is 276 g/mol.